The smallest absolute Gasteiger partial charge is 0.352 e. The SMILES string of the molecule is CC(O)C1C(=O)N2C(C(=O)O)=C(CSCSN)CC12. The number of thioether (sulfide) groups is 1. The predicted octanol–water partition coefficient (Wildman–Crippen LogP) is 0.234. The standard InChI is InChI=1S/C11H16N2O4S2/c1-5(14)8-7-2-6(3-18-4-19-12)9(11(16)17)13(7)10(8)15/h5,7-8,14H,2-4,12H2,1H3,(H,16,17). The first kappa shape index (κ1) is 14.7. The van der Waals surface area contributed by atoms with Gasteiger partial charge in [-0.2, -0.15) is 0 Å². The van der Waals surface area contributed by atoms with Crippen molar-refractivity contribution in [2.24, 2.45) is 11.1 Å². The highest BCUT2D eigenvalue weighted by molar-refractivity contribution is 8.15. The summed E-state index contributed by atoms with van der Waals surface area (Å²) in [4.78, 5) is 24.5. The second kappa shape index (κ2) is 5.74. The van der Waals surface area contributed by atoms with Crippen LogP contribution in [0, 0.1) is 5.92 Å². The number of fused-ring (bicyclic) bond motifs is 1. The van der Waals surface area contributed by atoms with Gasteiger partial charge >= 0.3 is 5.97 Å². The number of β-lactam (4-membered cyclic amide) rings is 1. The number of carboxylic acids is 1. The molecule has 2 heterocycles. The molecule has 3 unspecified atom stereocenters. The van der Waals surface area contributed by atoms with E-state index >= 15 is 0 Å². The normalized spacial score (nSPS) is 27.3. The van der Waals surface area contributed by atoms with E-state index in [4.69, 9.17) is 5.14 Å². The van der Waals surface area contributed by atoms with Crippen LogP contribution in [0.3, 0.4) is 0 Å². The molecule has 3 atom stereocenters. The molecule has 2 aliphatic heterocycles. The largest absolute Gasteiger partial charge is 0.477 e. The summed E-state index contributed by atoms with van der Waals surface area (Å²) < 4.78 is 0. The number of amides is 1. The summed E-state index contributed by atoms with van der Waals surface area (Å²) in [6.07, 6.45) is -0.207. The van der Waals surface area contributed by atoms with Crippen molar-refractivity contribution in [2.75, 3.05) is 10.8 Å². The first-order chi connectivity index (χ1) is 8.99. The van der Waals surface area contributed by atoms with Gasteiger partial charge in [-0.25, -0.2) is 4.79 Å². The van der Waals surface area contributed by atoms with Gasteiger partial charge in [0.15, 0.2) is 0 Å². The monoisotopic (exact) mass is 304 g/mol. The average molecular weight is 304 g/mol. The quantitative estimate of drug-likeness (QED) is 0.279. The molecule has 0 saturated carbocycles. The number of rotatable bonds is 6. The lowest BCUT2D eigenvalue weighted by Crippen LogP contribution is -2.61. The number of nitrogens with zero attached hydrogens (tertiary/aromatic N) is 1. The van der Waals surface area contributed by atoms with Crippen molar-refractivity contribution in [3.05, 3.63) is 11.3 Å². The predicted molar refractivity (Wildman–Crippen MR) is 74.2 cm³/mol. The van der Waals surface area contributed by atoms with E-state index in [0.717, 1.165) is 5.57 Å². The van der Waals surface area contributed by atoms with Gasteiger partial charge in [-0.05, 0) is 18.9 Å². The first-order valence-electron chi connectivity index (χ1n) is 5.85. The fourth-order valence-electron chi connectivity index (χ4n) is 2.70. The lowest BCUT2D eigenvalue weighted by atomic mass is 9.83. The van der Waals surface area contributed by atoms with Gasteiger partial charge in [0.2, 0.25) is 5.91 Å². The van der Waals surface area contributed by atoms with Gasteiger partial charge in [0.25, 0.3) is 0 Å². The highest BCUT2D eigenvalue weighted by atomic mass is 32.2. The number of carboxylic acid groups (broad SMARTS) is 1. The zero-order chi connectivity index (χ0) is 14.2. The van der Waals surface area contributed by atoms with E-state index in [9.17, 15) is 19.8 Å². The molecule has 6 nitrogen and oxygen atoms in total. The van der Waals surface area contributed by atoms with Crippen molar-refractivity contribution in [1.82, 2.24) is 4.90 Å². The van der Waals surface area contributed by atoms with E-state index < -0.39 is 18.0 Å². The van der Waals surface area contributed by atoms with Gasteiger partial charge in [-0.15, -0.1) is 11.8 Å². The molecule has 106 valence electrons. The fourth-order valence-corrected chi connectivity index (χ4v) is 3.92. The number of hydrogen-bond donors (Lipinski definition) is 3. The molecule has 0 bridgehead atoms. The van der Waals surface area contributed by atoms with Crippen LogP contribution >= 0.6 is 23.7 Å². The van der Waals surface area contributed by atoms with Crippen molar-refractivity contribution >= 4 is 35.6 Å². The van der Waals surface area contributed by atoms with E-state index in [1.54, 1.807) is 6.92 Å². The van der Waals surface area contributed by atoms with Gasteiger partial charge in [0, 0.05) is 5.75 Å². The third-order valence-electron chi connectivity index (χ3n) is 3.45. The van der Waals surface area contributed by atoms with Crippen LogP contribution in [0.15, 0.2) is 11.3 Å². The van der Waals surface area contributed by atoms with E-state index in [2.05, 4.69) is 0 Å². The Hall–Kier alpha value is -0.700. The molecule has 0 spiro atoms. The molecule has 0 aromatic carbocycles. The van der Waals surface area contributed by atoms with Gasteiger partial charge in [0.1, 0.15) is 5.70 Å². The fraction of sp³-hybridized carbons (Fsp3) is 0.636. The van der Waals surface area contributed by atoms with Crippen molar-refractivity contribution in [2.45, 2.75) is 25.5 Å². The topological polar surface area (TPSA) is 104 Å². The molecule has 2 aliphatic rings. The van der Waals surface area contributed by atoms with Crippen LogP contribution in [0.25, 0.3) is 0 Å². The number of nitrogens with two attached hydrogens (primary N) is 1. The Morgan fingerprint density at radius 2 is 2.32 bits per heavy atom. The Balaban J connectivity index is 2.14. The third-order valence-corrected chi connectivity index (χ3v) is 5.21. The molecule has 4 N–H and O–H groups in total. The molecule has 1 amide bonds. The molecule has 0 radical (unpaired) electrons. The highest BCUT2D eigenvalue weighted by Gasteiger charge is 2.56. The number of aliphatic hydroxyl groups excluding tert-OH is 1. The van der Waals surface area contributed by atoms with Crippen molar-refractivity contribution in [3.63, 3.8) is 0 Å². The van der Waals surface area contributed by atoms with E-state index in [1.165, 1.54) is 28.6 Å². The number of aliphatic hydroxyl groups is 1. The summed E-state index contributed by atoms with van der Waals surface area (Å²) in [7, 11) is 0. The Bertz CT molecular complexity index is 438. The highest BCUT2D eigenvalue weighted by Crippen LogP contribution is 2.44. The minimum absolute atomic E-state index is 0.0985. The van der Waals surface area contributed by atoms with Gasteiger partial charge in [0.05, 0.1) is 23.1 Å². The van der Waals surface area contributed by atoms with E-state index in [-0.39, 0.29) is 17.6 Å². The third kappa shape index (κ3) is 2.49. The number of hydrogen-bond acceptors (Lipinski definition) is 6. The van der Waals surface area contributed by atoms with E-state index in [0.29, 0.717) is 17.3 Å². The Labute approximate surface area is 119 Å². The van der Waals surface area contributed by atoms with Crippen molar-refractivity contribution in [1.29, 1.82) is 0 Å². The van der Waals surface area contributed by atoms with Gasteiger partial charge < -0.3 is 15.1 Å². The Morgan fingerprint density at radius 1 is 1.63 bits per heavy atom. The summed E-state index contributed by atoms with van der Waals surface area (Å²) in [6, 6.07) is -0.195. The minimum Gasteiger partial charge on any atom is -0.477 e. The van der Waals surface area contributed by atoms with E-state index in [1.807, 2.05) is 0 Å². The van der Waals surface area contributed by atoms with Crippen LogP contribution in [0.5, 0.6) is 0 Å². The van der Waals surface area contributed by atoms with Crippen molar-refractivity contribution < 1.29 is 19.8 Å². The van der Waals surface area contributed by atoms with Crippen molar-refractivity contribution in [3.8, 4) is 0 Å². The van der Waals surface area contributed by atoms with Crippen LogP contribution in [0.1, 0.15) is 13.3 Å². The molecule has 8 heteroatoms. The maximum Gasteiger partial charge on any atom is 0.352 e. The second-order valence-corrected chi connectivity index (χ2v) is 6.61. The summed E-state index contributed by atoms with van der Waals surface area (Å²) >= 11 is 2.72. The molecule has 1 fully saturated rings. The molecular formula is C11H16N2O4S2. The average Bonchev–Trinajstić information content (AvgIpc) is 2.64. The maximum atomic E-state index is 11.9. The molecule has 1 saturated heterocycles. The Morgan fingerprint density at radius 3 is 2.84 bits per heavy atom. The van der Waals surface area contributed by atoms with Crippen LogP contribution in [-0.2, 0) is 9.59 Å². The first-order valence-corrected chi connectivity index (χ1v) is 8.05. The summed E-state index contributed by atoms with van der Waals surface area (Å²) in [5, 5.41) is 24.8. The number of aliphatic carboxylic acids is 1. The summed E-state index contributed by atoms with van der Waals surface area (Å²) in [5.41, 5.74) is 0.856. The lowest BCUT2D eigenvalue weighted by Gasteiger charge is -2.44. The van der Waals surface area contributed by atoms with Crippen LogP contribution in [0.4, 0.5) is 0 Å². The summed E-state index contributed by atoms with van der Waals surface area (Å²) in [5.74, 6) is -1.28. The lowest BCUT2D eigenvalue weighted by molar-refractivity contribution is -0.161. The number of carbonyl (C=O) groups excluding carboxylic acids is 1. The molecule has 0 aliphatic carbocycles. The minimum atomic E-state index is -1.07. The second-order valence-electron chi connectivity index (χ2n) is 4.64. The molecular weight excluding hydrogens is 288 g/mol. The van der Waals surface area contributed by atoms with Crippen LogP contribution in [0.2, 0.25) is 0 Å². The van der Waals surface area contributed by atoms with Crippen LogP contribution in [-0.4, -0.2) is 50.0 Å². The molecule has 19 heavy (non-hydrogen) atoms. The molecule has 0 aromatic rings. The number of carbonyl (C=O) groups is 2. The summed E-state index contributed by atoms with van der Waals surface area (Å²) in [6.45, 7) is 1.57. The zero-order valence-corrected chi connectivity index (χ0v) is 12.0. The van der Waals surface area contributed by atoms with Gasteiger partial charge in [-0.3, -0.25) is 9.93 Å². The van der Waals surface area contributed by atoms with Crippen LogP contribution < -0.4 is 5.14 Å². The zero-order valence-electron chi connectivity index (χ0n) is 10.4. The van der Waals surface area contributed by atoms with Gasteiger partial charge in [-0.1, -0.05) is 11.9 Å². The maximum absolute atomic E-state index is 11.9. The Kier molecular flexibility index (Phi) is 4.44. The molecule has 0 aromatic heterocycles. The molecule has 2 rings (SSSR count).